The van der Waals surface area contributed by atoms with Crippen molar-refractivity contribution in [1.82, 2.24) is 4.98 Å². The van der Waals surface area contributed by atoms with Gasteiger partial charge in [0, 0.05) is 45.0 Å². The monoisotopic (exact) mass is 424 g/mol. The van der Waals surface area contributed by atoms with Gasteiger partial charge in [0.15, 0.2) is 0 Å². The number of anilines is 2. The molecule has 0 saturated carbocycles. The standard InChI is InChI=1S/C30H20N2O/c1-18-22-17-28-30(21-9-3-5-12-27(21)33-28)29(18)23-16-19(24-10-6-7-15-31-24)13-14-26(23)32-25-11-4-2-8-20(22)25/h2-17,32H,1H3. The maximum absolute atomic E-state index is 6.37. The topological polar surface area (TPSA) is 38.1 Å². The Kier molecular flexibility index (Phi) is 3.76. The van der Waals surface area contributed by atoms with E-state index in [1.54, 1.807) is 0 Å². The predicted molar refractivity (Wildman–Crippen MR) is 136 cm³/mol. The van der Waals surface area contributed by atoms with Gasteiger partial charge in [-0.1, -0.05) is 48.5 Å². The minimum absolute atomic E-state index is 0.910. The third-order valence-corrected chi connectivity index (χ3v) is 6.66. The van der Waals surface area contributed by atoms with Crippen molar-refractivity contribution in [3.8, 4) is 33.5 Å². The molecule has 0 aliphatic carbocycles. The van der Waals surface area contributed by atoms with Crippen molar-refractivity contribution < 1.29 is 4.42 Å². The first-order valence-corrected chi connectivity index (χ1v) is 11.1. The van der Waals surface area contributed by atoms with Gasteiger partial charge in [-0.05, 0) is 66.1 Å². The molecule has 0 fully saturated rings. The van der Waals surface area contributed by atoms with Gasteiger partial charge in [0.1, 0.15) is 11.2 Å². The van der Waals surface area contributed by atoms with E-state index >= 15 is 0 Å². The molecule has 0 radical (unpaired) electrons. The van der Waals surface area contributed by atoms with Gasteiger partial charge in [0.05, 0.1) is 5.69 Å². The summed E-state index contributed by atoms with van der Waals surface area (Å²) in [6, 6.07) is 31.6. The second-order valence-corrected chi connectivity index (χ2v) is 8.54. The van der Waals surface area contributed by atoms with Gasteiger partial charge in [0.25, 0.3) is 0 Å². The summed E-state index contributed by atoms with van der Waals surface area (Å²) in [7, 11) is 0. The average Bonchev–Trinajstić information content (AvgIpc) is 3.23. The summed E-state index contributed by atoms with van der Waals surface area (Å²) in [6.07, 6.45) is 1.84. The highest BCUT2D eigenvalue weighted by Gasteiger charge is 2.24. The highest BCUT2D eigenvalue weighted by atomic mass is 16.3. The smallest absolute Gasteiger partial charge is 0.136 e. The van der Waals surface area contributed by atoms with E-state index in [1.807, 2.05) is 30.5 Å². The lowest BCUT2D eigenvalue weighted by Crippen LogP contribution is -2.02. The van der Waals surface area contributed by atoms with E-state index in [9.17, 15) is 0 Å². The van der Waals surface area contributed by atoms with Gasteiger partial charge in [-0.2, -0.15) is 0 Å². The van der Waals surface area contributed by atoms with Gasteiger partial charge in [-0.3, -0.25) is 4.98 Å². The molecule has 0 amide bonds. The number of hydrogen-bond acceptors (Lipinski definition) is 3. The van der Waals surface area contributed by atoms with Crippen molar-refractivity contribution in [1.29, 1.82) is 0 Å². The van der Waals surface area contributed by atoms with Crippen molar-refractivity contribution in [3.05, 3.63) is 103 Å². The summed E-state index contributed by atoms with van der Waals surface area (Å²) in [4.78, 5) is 4.59. The lowest BCUT2D eigenvalue weighted by molar-refractivity contribution is 0.669. The van der Waals surface area contributed by atoms with Gasteiger partial charge in [0.2, 0.25) is 0 Å². The van der Waals surface area contributed by atoms with Crippen LogP contribution in [0.3, 0.4) is 0 Å². The maximum atomic E-state index is 6.37. The molecule has 2 bridgehead atoms. The lowest BCUT2D eigenvalue weighted by atomic mass is 9.85. The molecule has 33 heavy (non-hydrogen) atoms. The van der Waals surface area contributed by atoms with Crippen LogP contribution in [0.4, 0.5) is 11.4 Å². The Labute approximate surface area is 191 Å². The molecule has 7 rings (SSSR count). The highest BCUT2D eigenvalue weighted by molar-refractivity contribution is 6.17. The molecule has 6 aromatic rings. The Balaban J connectivity index is 1.66. The first kappa shape index (κ1) is 18.2. The zero-order valence-electron chi connectivity index (χ0n) is 18.1. The molecule has 1 N–H and O–H groups in total. The molecule has 2 aromatic heterocycles. The Hall–Kier alpha value is -4.37. The third-order valence-electron chi connectivity index (χ3n) is 6.66. The minimum Gasteiger partial charge on any atom is -0.456 e. The number of pyridine rings is 1. The van der Waals surface area contributed by atoms with E-state index < -0.39 is 0 Å². The summed E-state index contributed by atoms with van der Waals surface area (Å²) < 4.78 is 6.37. The molecule has 0 saturated heterocycles. The van der Waals surface area contributed by atoms with E-state index in [0.717, 1.165) is 50.1 Å². The molecule has 0 unspecified atom stereocenters. The van der Waals surface area contributed by atoms with E-state index in [4.69, 9.17) is 4.42 Å². The van der Waals surface area contributed by atoms with Crippen molar-refractivity contribution in [2.45, 2.75) is 6.92 Å². The summed E-state index contributed by atoms with van der Waals surface area (Å²) in [6.45, 7) is 2.23. The average molecular weight is 425 g/mol. The van der Waals surface area contributed by atoms with Crippen LogP contribution in [0, 0.1) is 6.92 Å². The first-order valence-electron chi connectivity index (χ1n) is 11.1. The number of furan rings is 1. The van der Waals surface area contributed by atoms with E-state index in [1.165, 1.54) is 22.3 Å². The summed E-state index contributed by atoms with van der Waals surface area (Å²) in [5.41, 5.74) is 12.0. The number of aromatic nitrogens is 1. The zero-order valence-corrected chi connectivity index (χ0v) is 18.1. The summed E-state index contributed by atoms with van der Waals surface area (Å²) in [5, 5.41) is 6.01. The molecule has 1 aliphatic heterocycles. The van der Waals surface area contributed by atoms with Gasteiger partial charge >= 0.3 is 0 Å². The second kappa shape index (κ2) is 6.81. The van der Waals surface area contributed by atoms with Gasteiger partial charge in [-0.15, -0.1) is 0 Å². The fourth-order valence-corrected chi connectivity index (χ4v) is 5.13. The molecule has 1 aliphatic rings. The Morgan fingerprint density at radius 1 is 0.697 bits per heavy atom. The van der Waals surface area contributed by atoms with Gasteiger partial charge < -0.3 is 9.73 Å². The Bertz CT molecular complexity index is 1700. The molecule has 3 heterocycles. The molecule has 0 atom stereocenters. The van der Waals surface area contributed by atoms with Crippen LogP contribution in [-0.2, 0) is 0 Å². The van der Waals surface area contributed by atoms with Crippen LogP contribution in [0.2, 0.25) is 0 Å². The highest BCUT2D eigenvalue weighted by Crippen LogP contribution is 2.49. The maximum Gasteiger partial charge on any atom is 0.136 e. The van der Waals surface area contributed by atoms with E-state index in [0.29, 0.717) is 0 Å². The molecular weight excluding hydrogens is 404 g/mol. The fraction of sp³-hybridized carbons (Fsp3) is 0.0333. The SMILES string of the molecule is Cc1c2cc3oc4ccccc4c3c1-c1cc(-c3ccccn3)ccc1Nc1ccccc1-2. The number of rotatable bonds is 1. The number of benzene rings is 4. The quantitative estimate of drug-likeness (QED) is 0.288. The van der Waals surface area contributed by atoms with Crippen molar-refractivity contribution in [2.75, 3.05) is 5.32 Å². The molecule has 4 aromatic carbocycles. The Morgan fingerprint density at radius 2 is 1.52 bits per heavy atom. The van der Waals surface area contributed by atoms with Crippen LogP contribution in [0.15, 0.2) is 102 Å². The molecule has 3 nitrogen and oxygen atoms in total. The molecule has 156 valence electrons. The van der Waals surface area contributed by atoms with Crippen LogP contribution < -0.4 is 5.32 Å². The summed E-state index contributed by atoms with van der Waals surface area (Å²) >= 11 is 0. The van der Waals surface area contributed by atoms with Crippen molar-refractivity contribution in [2.24, 2.45) is 0 Å². The van der Waals surface area contributed by atoms with Crippen LogP contribution in [0.5, 0.6) is 0 Å². The van der Waals surface area contributed by atoms with Crippen molar-refractivity contribution >= 4 is 33.3 Å². The lowest BCUT2D eigenvalue weighted by Gasteiger charge is -2.24. The molecule has 3 heteroatoms. The Morgan fingerprint density at radius 3 is 2.42 bits per heavy atom. The van der Waals surface area contributed by atoms with Crippen LogP contribution in [0.1, 0.15) is 5.56 Å². The molecule has 0 spiro atoms. The second-order valence-electron chi connectivity index (χ2n) is 8.54. The van der Waals surface area contributed by atoms with Gasteiger partial charge in [-0.25, -0.2) is 0 Å². The van der Waals surface area contributed by atoms with E-state index in [2.05, 4.69) is 84.0 Å². The normalized spacial score (nSPS) is 12.0. The number of para-hydroxylation sites is 2. The van der Waals surface area contributed by atoms with E-state index in [-0.39, 0.29) is 0 Å². The van der Waals surface area contributed by atoms with Crippen LogP contribution in [0.25, 0.3) is 55.4 Å². The number of nitrogens with one attached hydrogen (secondary N) is 1. The van der Waals surface area contributed by atoms with Crippen LogP contribution >= 0.6 is 0 Å². The largest absolute Gasteiger partial charge is 0.456 e. The minimum atomic E-state index is 0.910. The zero-order chi connectivity index (χ0) is 21.9. The third kappa shape index (κ3) is 2.66. The van der Waals surface area contributed by atoms with Crippen LogP contribution in [-0.4, -0.2) is 4.98 Å². The number of fused-ring (bicyclic) bond motifs is 10. The predicted octanol–water partition coefficient (Wildman–Crippen LogP) is 8.35. The first-order chi connectivity index (χ1) is 16.3. The number of hydrogen-bond donors (Lipinski definition) is 1. The van der Waals surface area contributed by atoms with Crippen molar-refractivity contribution in [3.63, 3.8) is 0 Å². The fourth-order valence-electron chi connectivity index (χ4n) is 5.13. The number of nitrogens with zero attached hydrogens (tertiary/aromatic N) is 1. The molecular formula is C30H20N2O. The summed E-state index contributed by atoms with van der Waals surface area (Å²) in [5.74, 6) is 0.